The number of nitrogens with zero attached hydrogens (tertiary/aromatic N) is 2. The van der Waals surface area contributed by atoms with Gasteiger partial charge in [0, 0.05) is 12.3 Å². The fourth-order valence-electron chi connectivity index (χ4n) is 2.17. The lowest BCUT2D eigenvalue weighted by Gasteiger charge is -2.43. The van der Waals surface area contributed by atoms with Gasteiger partial charge in [0.15, 0.2) is 5.70 Å². The number of hydrogen-bond acceptors (Lipinski definition) is 6. The second-order valence-corrected chi connectivity index (χ2v) is 7.57. The van der Waals surface area contributed by atoms with Crippen LogP contribution in [0.4, 0.5) is 0 Å². The van der Waals surface area contributed by atoms with Crippen LogP contribution in [0.1, 0.15) is 6.92 Å². The Morgan fingerprint density at radius 2 is 2.20 bits per heavy atom. The quantitative estimate of drug-likeness (QED) is 0.688. The lowest BCUT2D eigenvalue weighted by molar-refractivity contribution is -0.156. The van der Waals surface area contributed by atoms with E-state index in [0.717, 1.165) is 12.3 Å². The first-order valence-electron chi connectivity index (χ1n) is 6.27. The molecule has 0 aromatic rings. The van der Waals surface area contributed by atoms with Crippen LogP contribution < -0.4 is 0 Å². The Hall–Kier alpha value is -0.700. The van der Waals surface area contributed by atoms with Crippen LogP contribution in [0.15, 0.2) is 9.93 Å². The van der Waals surface area contributed by atoms with Gasteiger partial charge in [0.2, 0.25) is 5.91 Å². The van der Waals surface area contributed by atoms with Crippen molar-refractivity contribution in [1.29, 1.82) is 0 Å². The molecule has 2 rings (SSSR count). The molecule has 2 aliphatic heterocycles. The van der Waals surface area contributed by atoms with Crippen LogP contribution in [0, 0.1) is 5.92 Å². The van der Waals surface area contributed by atoms with Crippen molar-refractivity contribution in [3.05, 3.63) is 9.93 Å². The number of thioether (sulfide) groups is 2. The Morgan fingerprint density at radius 1 is 1.55 bits per heavy atom. The number of fused-ring (bicyclic) bond motifs is 1. The van der Waals surface area contributed by atoms with Crippen molar-refractivity contribution in [2.75, 3.05) is 26.4 Å². The lowest BCUT2D eigenvalue weighted by Crippen LogP contribution is -2.60. The third-order valence-electron chi connectivity index (χ3n) is 3.24. The lowest BCUT2D eigenvalue weighted by atomic mass is 9.92. The van der Waals surface area contributed by atoms with E-state index in [2.05, 4.69) is 0 Å². The van der Waals surface area contributed by atoms with Gasteiger partial charge >= 0.3 is 5.97 Å². The molecule has 1 amide bonds. The molecular formula is C12H18N2O4S2. The number of carboxylic acid groups (broad SMARTS) is 1. The molecule has 0 aromatic carbocycles. The van der Waals surface area contributed by atoms with Crippen LogP contribution in [-0.2, 0) is 9.59 Å². The van der Waals surface area contributed by atoms with Gasteiger partial charge in [0.25, 0.3) is 0 Å². The number of aliphatic hydroxyl groups is 1. The standard InChI is InChI=1S/C12H18N2O4S2/c1-6(15)7-9(16)14-8(11(17)18)12(20-10(7)14)19-5-4-13(2)3/h6-7,10,15H,4-5H2,1-3H3,(H,17,18)/t6?,7-,10+/m0/s1. The minimum atomic E-state index is -1.08. The van der Waals surface area contributed by atoms with Crippen molar-refractivity contribution >= 4 is 35.4 Å². The van der Waals surface area contributed by atoms with Crippen LogP contribution in [0.3, 0.4) is 0 Å². The zero-order valence-corrected chi connectivity index (χ0v) is 13.2. The molecular weight excluding hydrogens is 300 g/mol. The second-order valence-electron chi connectivity index (χ2n) is 5.08. The minimum absolute atomic E-state index is 0.0747. The molecule has 3 atom stereocenters. The Kier molecular flexibility index (Phi) is 4.68. The van der Waals surface area contributed by atoms with E-state index in [-0.39, 0.29) is 17.0 Å². The van der Waals surface area contributed by atoms with E-state index in [9.17, 15) is 19.8 Å². The van der Waals surface area contributed by atoms with Gasteiger partial charge in [0.1, 0.15) is 5.37 Å². The Morgan fingerprint density at radius 3 is 2.70 bits per heavy atom. The maximum absolute atomic E-state index is 12.0. The van der Waals surface area contributed by atoms with Crippen LogP contribution in [0.5, 0.6) is 0 Å². The van der Waals surface area contributed by atoms with Gasteiger partial charge in [-0.1, -0.05) is 11.8 Å². The van der Waals surface area contributed by atoms with Crippen molar-refractivity contribution in [3.8, 4) is 0 Å². The molecule has 6 nitrogen and oxygen atoms in total. The summed E-state index contributed by atoms with van der Waals surface area (Å²) in [7, 11) is 3.91. The van der Waals surface area contributed by atoms with E-state index in [1.165, 1.54) is 28.4 Å². The molecule has 0 radical (unpaired) electrons. The summed E-state index contributed by atoms with van der Waals surface area (Å²) < 4.78 is 0.667. The molecule has 2 aliphatic rings. The normalized spacial score (nSPS) is 26.9. The summed E-state index contributed by atoms with van der Waals surface area (Å²) in [6, 6.07) is 0. The Bertz CT molecular complexity index is 464. The van der Waals surface area contributed by atoms with Gasteiger partial charge in [-0.3, -0.25) is 9.69 Å². The van der Waals surface area contributed by atoms with Crippen molar-refractivity contribution in [3.63, 3.8) is 0 Å². The molecule has 20 heavy (non-hydrogen) atoms. The zero-order valence-electron chi connectivity index (χ0n) is 11.6. The molecule has 0 aliphatic carbocycles. The minimum Gasteiger partial charge on any atom is -0.477 e. The molecule has 1 unspecified atom stereocenters. The molecule has 0 bridgehead atoms. The van der Waals surface area contributed by atoms with Crippen LogP contribution >= 0.6 is 23.5 Å². The van der Waals surface area contributed by atoms with E-state index < -0.39 is 18.0 Å². The third-order valence-corrected chi connectivity index (χ3v) is 5.88. The number of aliphatic hydroxyl groups excluding tert-OH is 1. The fourth-order valence-corrected chi connectivity index (χ4v) is 5.28. The van der Waals surface area contributed by atoms with Gasteiger partial charge in [0.05, 0.1) is 16.3 Å². The van der Waals surface area contributed by atoms with Crippen molar-refractivity contribution in [2.24, 2.45) is 5.92 Å². The summed E-state index contributed by atoms with van der Waals surface area (Å²) in [5.74, 6) is -1.11. The maximum Gasteiger partial charge on any atom is 0.354 e. The molecule has 2 heterocycles. The van der Waals surface area contributed by atoms with Crippen molar-refractivity contribution in [1.82, 2.24) is 9.80 Å². The molecule has 2 N–H and O–H groups in total. The van der Waals surface area contributed by atoms with E-state index in [1.54, 1.807) is 6.92 Å². The van der Waals surface area contributed by atoms with Gasteiger partial charge in [-0.15, -0.1) is 11.8 Å². The van der Waals surface area contributed by atoms with E-state index >= 15 is 0 Å². The maximum atomic E-state index is 12.0. The first-order valence-corrected chi connectivity index (χ1v) is 8.14. The van der Waals surface area contributed by atoms with Crippen LogP contribution in [-0.4, -0.2) is 69.8 Å². The topological polar surface area (TPSA) is 81.1 Å². The highest BCUT2D eigenvalue weighted by molar-refractivity contribution is 8.22. The third kappa shape index (κ3) is 2.69. The van der Waals surface area contributed by atoms with Crippen LogP contribution in [0.2, 0.25) is 0 Å². The highest BCUT2D eigenvalue weighted by Crippen LogP contribution is 2.53. The number of rotatable bonds is 6. The average molecular weight is 318 g/mol. The van der Waals surface area contributed by atoms with Gasteiger partial charge in [-0.05, 0) is 21.0 Å². The number of carbonyl (C=O) groups is 2. The summed E-state index contributed by atoms with van der Waals surface area (Å²) in [6.45, 7) is 2.40. The number of hydrogen-bond donors (Lipinski definition) is 2. The highest BCUT2D eigenvalue weighted by Gasteiger charge is 2.57. The molecule has 8 heteroatoms. The summed E-state index contributed by atoms with van der Waals surface area (Å²) in [6.07, 6.45) is -0.752. The molecule has 1 saturated heterocycles. The Labute approximate surface area is 126 Å². The first-order chi connectivity index (χ1) is 9.34. The number of carboxylic acids is 1. The summed E-state index contributed by atoms with van der Waals surface area (Å²) in [5.41, 5.74) is 0.0747. The summed E-state index contributed by atoms with van der Waals surface area (Å²) in [4.78, 5) is 26.7. The Balaban J connectivity index is 2.11. The second kappa shape index (κ2) is 5.97. The molecule has 0 saturated carbocycles. The SMILES string of the molecule is CC(O)[C@H]1C(=O)N2C(C(=O)O)=C(SCCN(C)C)S[C@H]12. The fraction of sp³-hybridized carbons (Fsp3) is 0.667. The van der Waals surface area contributed by atoms with Crippen LogP contribution in [0.25, 0.3) is 0 Å². The number of β-lactam (4-membered cyclic amide) rings is 1. The molecule has 0 aromatic heterocycles. The number of aliphatic carboxylic acids is 1. The van der Waals surface area contributed by atoms with E-state index in [0.29, 0.717) is 4.24 Å². The summed E-state index contributed by atoms with van der Waals surface area (Å²) in [5, 5.41) is 18.6. The first kappa shape index (κ1) is 15.7. The molecule has 1 fully saturated rings. The molecule has 112 valence electrons. The predicted octanol–water partition coefficient (Wildman–Crippen LogP) is 0.447. The molecule has 0 spiro atoms. The van der Waals surface area contributed by atoms with Gasteiger partial charge < -0.3 is 15.1 Å². The predicted molar refractivity (Wildman–Crippen MR) is 79.1 cm³/mol. The smallest absolute Gasteiger partial charge is 0.354 e. The highest BCUT2D eigenvalue weighted by atomic mass is 32.2. The zero-order chi connectivity index (χ0) is 15.0. The van der Waals surface area contributed by atoms with E-state index in [4.69, 9.17) is 0 Å². The van der Waals surface area contributed by atoms with Crippen molar-refractivity contribution < 1.29 is 19.8 Å². The average Bonchev–Trinajstić information content (AvgIpc) is 2.63. The van der Waals surface area contributed by atoms with E-state index in [1.807, 2.05) is 19.0 Å². The summed E-state index contributed by atoms with van der Waals surface area (Å²) >= 11 is 2.83. The van der Waals surface area contributed by atoms with Gasteiger partial charge in [-0.2, -0.15) is 0 Å². The largest absolute Gasteiger partial charge is 0.477 e. The van der Waals surface area contributed by atoms with Gasteiger partial charge in [-0.25, -0.2) is 4.79 Å². The monoisotopic (exact) mass is 318 g/mol. The van der Waals surface area contributed by atoms with Crippen molar-refractivity contribution in [2.45, 2.75) is 18.4 Å². The number of amides is 1. The number of carbonyl (C=O) groups excluding carboxylic acids is 1.